The first kappa shape index (κ1) is 23.7. The molecule has 2 aromatic carbocycles. The van der Waals surface area contributed by atoms with Gasteiger partial charge in [0.1, 0.15) is 0 Å². The smallest absolute Gasteiger partial charge is 0.292 e. The van der Waals surface area contributed by atoms with Crippen LogP contribution >= 0.6 is 0 Å². The zero-order chi connectivity index (χ0) is 24.3. The second-order valence-electron chi connectivity index (χ2n) is 7.69. The van der Waals surface area contributed by atoms with E-state index in [9.17, 15) is 18.0 Å². The van der Waals surface area contributed by atoms with Crippen molar-refractivity contribution in [2.45, 2.75) is 25.3 Å². The number of benzene rings is 2. The standard InChI is InChI=1S/C23H25N5O5S/c1-3-28-23(30)20-7-5-4-6-19(20)21(26-28)22(29)25-24-16(2)17-8-10-18(11-9-17)34(31,32)27-12-14-33-15-13-27/h4-11H,3,12-15H2,1-2H3,(H,25,29)/b24-16+. The Labute approximate surface area is 196 Å². The molecule has 10 nitrogen and oxygen atoms in total. The lowest BCUT2D eigenvalue weighted by molar-refractivity contribution is 0.0730. The van der Waals surface area contributed by atoms with E-state index in [2.05, 4.69) is 15.6 Å². The maximum Gasteiger partial charge on any atom is 0.292 e. The minimum absolute atomic E-state index is 0.0977. The monoisotopic (exact) mass is 483 g/mol. The maximum atomic E-state index is 12.8. The minimum atomic E-state index is -3.59. The highest BCUT2D eigenvalue weighted by Gasteiger charge is 2.26. The van der Waals surface area contributed by atoms with Crippen LogP contribution in [0.2, 0.25) is 0 Å². The van der Waals surface area contributed by atoms with E-state index in [1.807, 2.05) is 0 Å². The molecule has 1 aliphatic rings. The van der Waals surface area contributed by atoms with Crippen molar-refractivity contribution in [2.24, 2.45) is 5.10 Å². The van der Waals surface area contributed by atoms with Crippen molar-refractivity contribution < 1.29 is 17.9 Å². The summed E-state index contributed by atoms with van der Waals surface area (Å²) in [5.41, 5.74) is 3.46. The van der Waals surface area contributed by atoms with Gasteiger partial charge in [-0.2, -0.15) is 14.5 Å². The number of hydrogen-bond donors (Lipinski definition) is 1. The number of aromatic nitrogens is 2. The number of carbonyl (C=O) groups excluding carboxylic acids is 1. The van der Waals surface area contributed by atoms with Gasteiger partial charge < -0.3 is 4.74 Å². The number of ether oxygens (including phenoxy) is 1. The molecule has 34 heavy (non-hydrogen) atoms. The normalized spacial score (nSPS) is 15.4. The molecule has 0 spiro atoms. The van der Waals surface area contributed by atoms with Gasteiger partial charge in [0.2, 0.25) is 10.0 Å². The fourth-order valence-electron chi connectivity index (χ4n) is 3.67. The van der Waals surface area contributed by atoms with Crippen molar-refractivity contribution in [3.8, 4) is 0 Å². The van der Waals surface area contributed by atoms with Crippen molar-refractivity contribution in [3.63, 3.8) is 0 Å². The summed E-state index contributed by atoms with van der Waals surface area (Å²) in [6.45, 7) is 5.20. The first-order valence-corrected chi connectivity index (χ1v) is 12.3. The molecule has 1 aliphatic heterocycles. The van der Waals surface area contributed by atoms with Gasteiger partial charge >= 0.3 is 0 Å². The van der Waals surface area contributed by atoms with Crippen LogP contribution in [0.4, 0.5) is 0 Å². The van der Waals surface area contributed by atoms with Crippen LogP contribution in [0.5, 0.6) is 0 Å². The van der Waals surface area contributed by atoms with E-state index in [-0.39, 0.29) is 16.1 Å². The molecule has 0 aliphatic carbocycles. The Bertz CT molecular complexity index is 1410. The van der Waals surface area contributed by atoms with E-state index in [1.54, 1.807) is 50.2 Å². The molecule has 3 aromatic rings. The van der Waals surface area contributed by atoms with E-state index < -0.39 is 15.9 Å². The molecule has 0 bridgehead atoms. The number of hydrazone groups is 1. The quantitative estimate of drug-likeness (QED) is 0.420. The van der Waals surface area contributed by atoms with Gasteiger partial charge in [0, 0.05) is 25.0 Å². The number of nitrogens with zero attached hydrogens (tertiary/aromatic N) is 4. The number of rotatable bonds is 6. The fourth-order valence-corrected chi connectivity index (χ4v) is 5.08. The molecule has 11 heteroatoms. The average molecular weight is 484 g/mol. The van der Waals surface area contributed by atoms with Crippen LogP contribution in [0.3, 0.4) is 0 Å². The number of amides is 1. The SMILES string of the molecule is CCn1nc(C(=O)N/N=C(\C)c2ccc(S(=O)(=O)N3CCOCC3)cc2)c2ccccc2c1=O. The fraction of sp³-hybridized carbons (Fsp3) is 0.304. The highest BCUT2D eigenvalue weighted by molar-refractivity contribution is 7.89. The molecular formula is C23H25N5O5S. The Kier molecular flexibility index (Phi) is 6.87. The van der Waals surface area contributed by atoms with Crippen LogP contribution in [-0.4, -0.2) is 60.4 Å². The van der Waals surface area contributed by atoms with Gasteiger partial charge in [-0.1, -0.05) is 30.3 Å². The Morgan fingerprint density at radius 3 is 2.38 bits per heavy atom. The number of hydrogen-bond acceptors (Lipinski definition) is 7. The first-order valence-electron chi connectivity index (χ1n) is 10.9. The second-order valence-corrected chi connectivity index (χ2v) is 9.63. The minimum Gasteiger partial charge on any atom is -0.379 e. The third-order valence-corrected chi connectivity index (χ3v) is 7.50. The number of morpholine rings is 1. The summed E-state index contributed by atoms with van der Waals surface area (Å²) in [6.07, 6.45) is 0. The van der Waals surface area contributed by atoms with E-state index in [1.165, 1.54) is 21.1 Å². The van der Waals surface area contributed by atoms with Gasteiger partial charge in [-0.05, 0) is 37.6 Å². The number of nitrogens with one attached hydrogen (secondary N) is 1. The molecule has 0 saturated carbocycles. The Balaban J connectivity index is 1.54. The molecule has 1 fully saturated rings. The van der Waals surface area contributed by atoms with E-state index >= 15 is 0 Å². The second kappa shape index (κ2) is 9.84. The van der Waals surface area contributed by atoms with Crippen LogP contribution in [0.15, 0.2) is 63.3 Å². The zero-order valence-electron chi connectivity index (χ0n) is 18.9. The van der Waals surface area contributed by atoms with Crippen molar-refractivity contribution >= 4 is 32.4 Å². The molecule has 2 heterocycles. The van der Waals surface area contributed by atoms with Crippen LogP contribution in [0, 0.1) is 0 Å². The topological polar surface area (TPSA) is 123 Å². The summed E-state index contributed by atoms with van der Waals surface area (Å²) in [5.74, 6) is -0.552. The van der Waals surface area contributed by atoms with Crippen LogP contribution in [0.25, 0.3) is 10.8 Å². The predicted molar refractivity (Wildman–Crippen MR) is 127 cm³/mol. The summed E-state index contributed by atoms with van der Waals surface area (Å²) < 4.78 is 33.4. The summed E-state index contributed by atoms with van der Waals surface area (Å²) >= 11 is 0. The third-order valence-electron chi connectivity index (χ3n) is 5.59. The van der Waals surface area contributed by atoms with Crippen LogP contribution in [0.1, 0.15) is 29.9 Å². The lowest BCUT2D eigenvalue weighted by atomic mass is 10.1. The third kappa shape index (κ3) is 4.63. The van der Waals surface area contributed by atoms with E-state index in [0.717, 1.165) is 0 Å². The summed E-state index contributed by atoms with van der Waals surface area (Å²) in [7, 11) is -3.59. The predicted octanol–water partition coefficient (Wildman–Crippen LogP) is 1.59. The molecule has 4 rings (SSSR count). The molecule has 1 N–H and O–H groups in total. The van der Waals surface area contributed by atoms with Gasteiger partial charge in [-0.3, -0.25) is 9.59 Å². The molecule has 0 radical (unpaired) electrons. The molecule has 1 amide bonds. The van der Waals surface area contributed by atoms with Crippen molar-refractivity contribution in [1.82, 2.24) is 19.5 Å². The highest BCUT2D eigenvalue weighted by Crippen LogP contribution is 2.18. The van der Waals surface area contributed by atoms with Gasteiger partial charge in [0.05, 0.1) is 29.2 Å². The largest absolute Gasteiger partial charge is 0.379 e. The van der Waals surface area contributed by atoms with Crippen LogP contribution < -0.4 is 11.0 Å². The summed E-state index contributed by atoms with van der Waals surface area (Å²) in [5, 5.41) is 9.20. The zero-order valence-corrected chi connectivity index (χ0v) is 19.7. The number of sulfonamides is 1. The summed E-state index contributed by atoms with van der Waals surface area (Å²) in [6, 6.07) is 13.1. The molecule has 178 valence electrons. The Morgan fingerprint density at radius 1 is 1.09 bits per heavy atom. The van der Waals surface area contributed by atoms with Gasteiger partial charge in [-0.15, -0.1) is 0 Å². The van der Waals surface area contributed by atoms with Gasteiger partial charge in [0.25, 0.3) is 11.5 Å². The number of aryl methyl sites for hydroxylation is 1. The number of carbonyl (C=O) groups is 1. The Hall–Kier alpha value is -3.41. The first-order chi connectivity index (χ1) is 16.3. The van der Waals surface area contributed by atoms with Gasteiger partial charge in [-0.25, -0.2) is 18.5 Å². The molecule has 0 unspecified atom stereocenters. The van der Waals surface area contributed by atoms with Crippen molar-refractivity contribution in [1.29, 1.82) is 0 Å². The van der Waals surface area contributed by atoms with E-state index in [4.69, 9.17) is 4.74 Å². The molecule has 1 saturated heterocycles. The Morgan fingerprint density at radius 2 is 1.74 bits per heavy atom. The maximum absolute atomic E-state index is 12.8. The lowest BCUT2D eigenvalue weighted by Gasteiger charge is -2.26. The molecule has 1 aromatic heterocycles. The van der Waals surface area contributed by atoms with Gasteiger partial charge in [0.15, 0.2) is 5.69 Å². The summed E-state index contributed by atoms with van der Waals surface area (Å²) in [4.78, 5) is 25.5. The number of fused-ring (bicyclic) bond motifs is 1. The van der Waals surface area contributed by atoms with Crippen molar-refractivity contribution in [2.75, 3.05) is 26.3 Å². The average Bonchev–Trinajstić information content (AvgIpc) is 2.88. The highest BCUT2D eigenvalue weighted by atomic mass is 32.2. The van der Waals surface area contributed by atoms with Crippen LogP contribution in [-0.2, 0) is 21.3 Å². The molecular weight excluding hydrogens is 458 g/mol. The lowest BCUT2D eigenvalue weighted by Crippen LogP contribution is -2.40. The van der Waals surface area contributed by atoms with Crippen molar-refractivity contribution in [3.05, 3.63) is 70.1 Å². The molecule has 0 atom stereocenters. The van der Waals surface area contributed by atoms with E-state index in [0.29, 0.717) is 54.9 Å².